The van der Waals surface area contributed by atoms with Gasteiger partial charge in [-0.2, -0.15) is 4.98 Å². The van der Waals surface area contributed by atoms with Crippen LogP contribution >= 0.6 is 0 Å². The number of aliphatic carboxylic acids is 1. The summed E-state index contributed by atoms with van der Waals surface area (Å²) in [5, 5.41) is 19.6. The topological polar surface area (TPSA) is 152 Å². The zero-order valence-corrected chi connectivity index (χ0v) is 20.2. The minimum absolute atomic E-state index is 0.210. The number of carboxylic acids is 1. The van der Waals surface area contributed by atoms with Crippen LogP contribution in [0.25, 0.3) is 11.5 Å². The number of nitrogens with one attached hydrogen (secondary N) is 2. The van der Waals surface area contributed by atoms with Crippen molar-refractivity contribution in [3.05, 3.63) is 35.9 Å². The van der Waals surface area contributed by atoms with Crippen molar-refractivity contribution in [1.29, 1.82) is 0 Å². The number of amides is 1. The Morgan fingerprint density at radius 3 is 2.53 bits per heavy atom. The molecule has 2 aliphatic rings. The fraction of sp³-hybridized carbons (Fsp3) is 0.440. The molecular weight excluding hydrogens is 464 g/mol. The molecule has 2 unspecified atom stereocenters. The number of aromatic nitrogens is 4. The molecule has 3 N–H and O–H groups in total. The van der Waals surface area contributed by atoms with E-state index in [9.17, 15) is 14.7 Å². The first-order valence-corrected chi connectivity index (χ1v) is 12.1. The van der Waals surface area contributed by atoms with Crippen molar-refractivity contribution in [2.75, 3.05) is 10.6 Å². The molecule has 36 heavy (non-hydrogen) atoms. The van der Waals surface area contributed by atoms with E-state index in [2.05, 4.69) is 30.7 Å². The minimum atomic E-state index is -0.921. The van der Waals surface area contributed by atoms with Crippen LogP contribution in [-0.4, -0.2) is 43.2 Å². The standard InChI is InChI=1S/C25H28N6O5/c1-13-18(28-24(32)16-5-3-4-6-17(16)25(33)34)9-10-19(27-13)23-22(14(2)31-36-23)30-20-11-26-12-21(29-20)35-15-7-8-15/h9-12,15-17H,3-8H2,1-2H3,(H,28,32)(H,29,30)(H,33,34). The van der Waals surface area contributed by atoms with Gasteiger partial charge in [0.1, 0.15) is 23.2 Å². The zero-order chi connectivity index (χ0) is 25.2. The summed E-state index contributed by atoms with van der Waals surface area (Å²) in [4.78, 5) is 37.7. The van der Waals surface area contributed by atoms with Gasteiger partial charge < -0.3 is 25.0 Å². The second-order valence-electron chi connectivity index (χ2n) is 9.31. The van der Waals surface area contributed by atoms with Gasteiger partial charge in [0.2, 0.25) is 17.5 Å². The van der Waals surface area contributed by atoms with Crippen molar-refractivity contribution in [3.63, 3.8) is 0 Å². The van der Waals surface area contributed by atoms with Crippen LogP contribution < -0.4 is 15.4 Å². The number of anilines is 3. The highest BCUT2D eigenvalue weighted by Crippen LogP contribution is 2.35. The largest absolute Gasteiger partial charge is 0.481 e. The van der Waals surface area contributed by atoms with E-state index < -0.39 is 17.8 Å². The second kappa shape index (κ2) is 9.92. The van der Waals surface area contributed by atoms with Crippen LogP contribution in [0.5, 0.6) is 5.88 Å². The van der Waals surface area contributed by atoms with Gasteiger partial charge in [-0.1, -0.05) is 18.0 Å². The number of carbonyl (C=O) groups is 2. The quantitative estimate of drug-likeness (QED) is 0.416. The highest BCUT2D eigenvalue weighted by atomic mass is 16.5. The van der Waals surface area contributed by atoms with Gasteiger partial charge in [0.25, 0.3) is 0 Å². The molecule has 2 fully saturated rings. The number of aryl methyl sites for hydroxylation is 2. The molecular formula is C25H28N6O5. The lowest BCUT2D eigenvalue weighted by Crippen LogP contribution is -2.36. The summed E-state index contributed by atoms with van der Waals surface area (Å²) in [5.74, 6) is -1.06. The maximum absolute atomic E-state index is 12.9. The van der Waals surface area contributed by atoms with Gasteiger partial charge >= 0.3 is 5.97 Å². The van der Waals surface area contributed by atoms with Gasteiger partial charge in [-0.15, -0.1) is 0 Å². The lowest BCUT2D eigenvalue weighted by atomic mass is 9.78. The molecule has 0 aromatic carbocycles. The summed E-state index contributed by atoms with van der Waals surface area (Å²) >= 11 is 0. The number of pyridine rings is 1. The van der Waals surface area contributed by atoms with Crippen LogP contribution in [0, 0.1) is 25.7 Å². The Morgan fingerprint density at radius 1 is 1.03 bits per heavy atom. The zero-order valence-electron chi connectivity index (χ0n) is 20.2. The average molecular weight is 493 g/mol. The van der Waals surface area contributed by atoms with Crippen molar-refractivity contribution in [2.24, 2.45) is 11.8 Å². The van der Waals surface area contributed by atoms with Crippen molar-refractivity contribution >= 4 is 29.1 Å². The monoisotopic (exact) mass is 492 g/mol. The molecule has 2 atom stereocenters. The third-order valence-electron chi connectivity index (χ3n) is 6.54. The Morgan fingerprint density at radius 2 is 1.81 bits per heavy atom. The summed E-state index contributed by atoms with van der Waals surface area (Å²) in [7, 11) is 0. The predicted octanol–water partition coefficient (Wildman–Crippen LogP) is 4.26. The molecule has 0 bridgehead atoms. The van der Waals surface area contributed by atoms with E-state index in [0.29, 0.717) is 58.8 Å². The minimum Gasteiger partial charge on any atom is -0.481 e. The molecule has 11 heteroatoms. The average Bonchev–Trinajstić information content (AvgIpc) is 3.61. The first-order chi connectivity index (χ1) is 17.4. The molecule has 0 spiro atoms. The molecule has 2 aliphatic carbocycles. The number of nitrogens with zero attached hydrogens (tertiary/aromatic N) is 4. The number of ether oxygens (including phenoxy) is 1. The van der Waals surface area contributed by atoms with Crippen LogP contribution in [-0.2, 0) is 9.59 Å². The normalized spacial score (nSPS) is 19.5. The molecule has 11 nitrogen and oxygen atoms in total. The Bertz CT molecular complexity index is 1290. The number of hydrogen-bond donors (Lipinski definition) is 3. The summed E-state index contributed by atoms with van der Waals surface area (Å²) in [5.41, 5.74) is 2.84. The molecule has 1 amide bonds. The molecule has 0 saturated heterocycles. The highest BCUT2D eigenvalue weighted by Gasteiger charge is 2.36. The van der Waals surface area contributed by atoms with Crippen LogP contribution in [0.3, 0.4) is 0 Å². The SMILES string of the molecule is Cc1nc(-c2onc(C)c2Nc2cncc(OC3CC3)n2)ccc1NC(=O)C1CCCCC1C(=O)O. The van der Waals surface area contributed by atoms with Crippen LogP contribution in [0.2, 0.25) is 0 Å². The molecule has 0 aliphatic heterocycles. The Balaban J connectivity index is 1.33. The molecule has 5 rings (SSSR count). The molecule has 3 aromatic heterocycles. The maximum atomic E-state index is 12.9. The van der Waals surface area contributed by atoms with E-state index >= 15 is 0 Å². The van der Waals surface area contributed by atoms with Crippen molar-refractivity contribution < 1.29 is 24.0 Å². The van der Waals surface area contributed by atoms with Crippen LogP contribution in [0.4, 0.5) is 17.2 Å². The number of carbonyl (C=O) groups excluding carboxylic acids is 1. The Kier molecular flexibility index (Phi) is 6.53. The molecule has 0 radical (unpaired) electrons. The van der Waals surface area contributed by atoms with Gasteiger partial charge in [-0.3, -0.25) is 14.6 Å². The summed E-state index contributed by atoms with van der Waals surface area (Å²) < 4.78 is 11.3. The maximum Gasteiger partial charge on any atom is 0.307 e. The third-order valence-corrected chi connectivity index (χ3v) is 6.54. The predicted molar refractivity (Wildman–Crippen MR) is 130 cm³/mol. The lowest BCUT2D eigenvalue weighted by molar-refractivity contribution is -0.147. The fourth-order valence-corrected chi connectivity index (χ4v) is 4.43. The summed E-state index contributed by atoms with van der Waals surface area (Å²) in [6, 6.07) is 3.46. The summed E-state index contributed by atoms with van der Waals surface area (Å²) in [6.07, 6.45) is 8.18. The molecule has 3 heterocycles. The highest BCUT2D eigenvalue weighted by molar-refractivity contribution is 5.95. The van der Waals surface area contributed by atoms with Crippen molar-refractivity contribution in [3.8, 4) is 17.3 Å². The third kappa shape index (κ3) is 5.14. The number of rotatable bonds is 8. The summed E-state index contributed by atoms with van der Waals surface area (Å²) in [6.45, 7) is 3.58. The van der Waals surface area contributed by atoms with Gasteiger partial charge in [0, 0.05) is 0 Å². The fourth-order valence-electron chi connectivity index (χ4n) is 4.43. The first-order valence-electron chi connectivity index (χ1n) is 12.1. The number of carboxylic acid groups (broad SMARTS) is 1. The molecule has 188 valence electrons. The van der Waals surface area contributed by atoms with E-state index in [4.69, 9.17) is 9.26 Å². The van der Waals surface area contributed by atoms with Crippen molar-refractivity contribution in [1.82, 2.24) is 20.1 Å². The molecule has 2 saturated carbocycles. The smallest absolute Gasteiger partial charge is 0.307 e. The van der Waals surface area contributed by atoms with Crippen LogP contribution in [0.15, 0.2) is 29.0 Å². The van der Waals surface area contributed by atoms with Crippen molar-refractivity contribution in [2.45, 2.75) is 58.5 Å². The van der Waals surface area contributed by atoms with E-state index in [1.54, 1.807) is 38.4 Å². The van der Waals surface area contributed by atoms with E-state index in [-0.39, 0.29) is 12.0 Å². The van der Waals surface area contributed by atoms with Gasteiger partial charge in [0.05, 0.1) is 35.6 Å². The van der Waals surface area contributed by atoms with Crippen LogP contribution in [0.1, 0.15) is 49.9 Å². The number of hydrogen-bond acceptors (Lipinski definition) is 9. The Labute approximate surface area is 207 Å². The van der Waals surface area contributed by atoms with E-state index in [0.717, 1.165) is 25.7 Å². The molecule has 3 aromatic rings. The van der Waals surface area contributed by atoms with Gasteiger partial charge in [-0.05, 0) is 51.7 Å². The van der Waals surface area contributed by atoms with Gasteiger partial charge in [-0.25, -0.2) is 4.98 Å². The van der Waals surface area contributed by atoms with E-state index in [1.807, 2.05) is 0 Å². The second-order valence-corrected chi connectivity index (χ2v) is 9.31. The Hall–Kier alpha value is -4.02. The lowest BCUT2D eigenvalue weighted by Gasteiger charge is -2.27. The first kappa shape index (κ1) is 23.7. The van der Waals surface area contributed by atoms with E-state index in [1.165, 1.54) is 0 Å². The van der Waals surface area contributed by atoms with Gasteiger partial charge in [0.15, 0.2) is 5.82 Å².